The molecule has 1 aliphatic heterocycles. The van der Waals surface area contributed by atoms with Gasteiger partial charge >= 0.3 is 0 Å². The summed E-state index contributed by atoms with van der Waals surface area (Å²) in [5.41, 5.74) is 0. The summed E-state index contributed by atoms with van der Waals surface area (Å²) in [4.78, 5) is 14.3. The molecule has 0 spiro atoms. The standard InChI is InChI=1S/C5H7N2O/c1-2-4-5(8)7-3-6-4/h4H,2H2,1H3,(H,6,7,8). The number of rotatable bonds is 1. The zero-order chi connectivity index (χ0) is 5.98. The van der Waals surface area contributed by atoms with E-state index in [4.69, 9.17) is 0 Å². The van der Waals surface area contributed by atoms with Crippen LogP contribution in [0.5, 0.6) is 0 Å². The quantitative estimate of drug-likeness (QED) is 0.500. The largest absolute Gasteiger partial charge is 0.306 e. The summed E-state index contributed by atoms with van der Waals surface area (Å²) in [7, 11) is 0. The molecule has 1 unspecified atom stereocenters. The predicted molar refractivity (Wildman–Crippen MR) is 29.7 cm³/mol. The van der Waals surface area contributed by atoms with Crippen LogP contribution >= 0.6 is 0 Å². The van der Waals surface area contributed by atoms with E-state index in [1.54, 1.807) is 0 Å². The van der Waals surface area contributed by atoms with Gasteiger partial charge in [-0.15, -0.1) is 0 Å². The summed E-state index contributed by atoms with van der Waals surface area (Å²) < 4.78 is 0. The molecule has 1 radical (unpaired) electrons. The van der Waals surface area contributed by atoms with Gasteiger partial charge in [0.25, 0.3) is 0 Å². The van der Waals surface area contributed by atoms with Crippen molar-refractivity contribution >= 4 is 12.2 Å². The Morgan fingerprint density at radius 1 is 2.00 bits per heavy atom. The van der Waals surface area contributed by atoms with Gasteiger partial charge < -0.3 is 5.32 Å². The van der Waals surface area contributed by atoms with Gasteiger partial charge in [0, 0.05) is 0 Å². The second kappa shape index (κ2) is 1.94. The molecule has 1 rings (SSSR count). The maximum Gasteiger partial charge on any atom is 0.250 e. The fourth-order valence-electron chi connectivity index (χ4n) is 0.584. The Labute approximate surface area is 47.8 Å². The molecule has 8 heavy (non-hydrogen) atoms. The Morgan fingerprint density at radius 3 is 3.00 bits per heavy atom. The van der Waals surface area contributed by atoms with Crippen molar-refractivity contribution in [1.82, 2.24) is 5.32 Å². The highest BCUT2D eigenvalue weighted by molar-refractivity contribution is 5.96. The smallest absolute Gasteiger partial charge is 0.250 e. The van der Waals surface area contributed by atoms with E-state index < -0.39 is 0 Å². The van der Waals surface area contributed by atoms with Gasteiger partial charge in [-0.2, -0.15) is 0 Å². The van der Waals surface area contributed by atoms with Gasteiger partial charge in [0.05, 0.1) is 0 Å². The molecular weight excluding hydrogens is 104 g/mol. The molecule has 43 valence electrons. The van der Waals surface area contributed by atoms with Crippen LogP contribution in [0, 0.1) is 0 Å². The van der Waals surface area contributed by atoms with E-state index >= 15 is 0 Å². The molecule has 1 atom stereocenters. The maximum absolute atomic E-state index is 10.5. The van der Waals surface area contributed by atoms with Crippen LogP contribution in [0.2, 0.25) is 0 Å². The van der Waals surface area contributed by atoms with Crippen molar-refractivity contribution in [2.75, 3.05) is 0 Å². The molecule has 1 amide bonds. The number of aliphatic imine (C=N–C) groups is 1. The van der Waals surface area contributed by atoms with Crippen molar-refractivity contribution in [3.63, 3.8) is 0 Å². The third kappa shape index (κ3) is 0.710. The minimum atomic E-state index is -0.171. The SMILES string of the molecule is CCC1N=[C]NC1=O. The summed E-state index contributed by atoms with van der Waals surface area (Å²) in [6.07, 6.45) is 3.16. The molecule has 0 saturated carbocycles. The summed E-state index contributed by atoms with van der Waals surface area (Å²) in [6.45, 7) is 1.92. The molecule has 0 bridgehead atoms. The first-order valence-corrected chi connectivity index (χ1v) is 2.59. The van der Waals surface area contributed by atoms with Crippen LogP contribution in [0.25, 0.3) is 0 Å². The highest BCUT2D eigenvalue weighted by Crippen LogP contribution is 1.98. The molecular formula is C5H7N2O. The highest BCUT2D eigenvalue weighted by Gasteiger charge is 2.17. The van der Waals surface area contributed by atoms with Gasteiger partial charge in [0.1, 0.15) is 6.04 Å². The maximum atomic E-state index is 10.5. The molecule has 0 aromatic heterocycles. The summed E-state index contributed by atoms with van der Waals surface area (Å²) in [6, 6.07) is -0.171. The van der Waals surface area contributed by atoms with Crippen LogP contribution in [0.15, 0.2) is 4.99 Å². The first kappa shape index (κ1) is 5.28. The van der Waals surface area contributed by atoms with E-state index in [9.17, 15) is 4.79 Å². The van der Waals surface area contributed by atoms with Crippen molar-refractivity contribution in [1.29, 1.82) is 0 Å². The number of nitrogens with one attached hydrogen (secondary N) is 1. The molecule has 0 aromatic carbocycles. The first-order valence-electron chi connectivity index (χ1n) is 2.59. The van der Waals surface area contributed by atoms with Gasteiger partial charge in [0.2, 0.25) is 5.91 Å². The Bertz CT molecular complexity index is 130. The molecule has 0 aromatic rings. The molecule has 1 aliphatic rings. The number of hydrogen-bond donors (Lipinski definition) is 1. The van der Waals surface area contributed by atoms with Gasteiger partial charge in [0.15, 0.2) is 6.34 Å². The van der Waals surface area contributed by atoms with Crippen LogP contribution in [0.1, 0.15) is 13.3 Å². The zero-order valence-corrected chi connectivity index (χ0v) is 4.64. The van der Waals surface area contributed by atoms with E-state index in [2.05, 4.69) is 16.6 Å². The fraction of sp³-hybridized carbons (Fsp3) is 0.600. The highest BCUT2D eigenvalue weighted by atomic mass is 16.2. The normalized spacial score (nSPS) is 26.1. The lowest BCUT2D eigenvalue weighted by molar-refractivity contribution is -0.120. The van der Waals surface area contributed by atoms with Crippen LogP contribution < -0.4 is 5.32 Å². The fourth-order valence-corrected chi connectivity index (χ4v) is 0.584. The Morgan fingerprint density at radius 2 is 2.75 bits per heavy atom. The minimum Gasteiger partial charge on any atom is -0.306 e. The van der Waals surface area contributed by atoms with Crippen LogP contribution in [-0.2, 0) is 4.79 Å². The van der Waals surface area contributed by atoms with E-state index in [-0.39, 0.29) is 11.9 Å². The lowest BCUT2D eigenvalue weighted by Gasteiger charge is -1.95. The van der Waals surface area contributed by atoms with Crippen molar-refractivity contribution < 1.29 is 4.79 Å². The zero-order valence-electron chi connectivity index (χ0n) is 4.64. The molecule has 3 heteroatoms. The number of carbonyl (C=O) groups excluding carboxylic acids is 1. The second-order valence-corrected chi connectivity index (χ2v) is 1.65. The summed E-state index contributed by atoms with van der Waals surface area (Å²) in [5.74, 6) is -0.0347. The van der Waals surface area contributed by atoms with E-state index in [0.29, 0.717) is 0 Å². The molecule has 0 aliphatic carbocycles. The van der Waals surface area contributed by atoms with Gasteiger partial charge in [-0.3, -0.25) is 9.79 Å². The number of amides is 1. The van der Waals surface area contributed by atoms with E-state index in [1.807, 2.05) is 6.92 Å². The number of nitrogens with zero attached hydrogens (tertiary/aromatic N) is 1. The van der Waals surface area contributed by atoms with E-state index in [1.165, 1.54) is 0 Å². The topological polar surface area (TPSA) is 41.5 Å². The lowest BCUT2D eigenvalue weighted by atomic mass is 10.2. The molecule has 3 nitrogen and oxygen atoms in total. The van der Waals surface area contributed by atoms with Gasteiger partial charge in [-0.25, -0.2) is 0 Å². The summed E-state index contributed by atoms with van der Waals surface area (Å²) in [5, 5.41) is 2.36. The number of hydrogen-bond acceptors (Lipinski definition) is 2. The average Bonchev–Trinajstić information content (AvgIpc) is 2.14. The van der Waals surface area contributed by atoms with Crippen LogP contribution in [0.4, 0.5) is 0 Å². The van der Waals surface area contributed by atoms with Gasteiger partial charge in [-0.05, 0) is 6.42 Å². The average molecular weight is 111 g/mol. The molecule has 1 heterocycles. The summed E-state index contributed by atoms with van der Waals surface area (Å²) >= 11 is 0. The third-order valence-electron chi connectivity index (χ3n) is 1.09. The van der Waals surface area contributed by atoms with Crippen molar-refractivity contribution in [2.45, 2.75) is 19.4 Å². The van der Waals surface area contributed by atoms with Crippen molar-refractivity contribution in [3.8, 4) is 0 Å². The van der Waals surface area contributed by atoms with Gasteiger partial charge in [-0.1, -0.05) is 6.92 Å². The second-order valence-electron chi connectivity index (χ2n) is 1.65. The van der Waals surface area contributed by atoms with Crippen molar-refractivity contribution in [3.05, 3.63) is 0 Å². The van der Waals surface area contributed by atoms with Crippen LogP contribution in [-0.4, -0.2) is 18.3 Å². The molecule has 0 fully saturated rings. The Kier molecular flexibility index (Phi) is 1.28. The number of carbonyl (C=O) groups is 1. The lowest BCUT2D eigenvalue weighted by Crippen LogP contribution is -2.23. The molecule has 0 saturated heterocycles. The first-order chi connectivity index (χ1) is 3.84. The Balaban J connectivity index is 2.53. The monoisotopic (exact) mass is 111 g/mol. The van der Waals surface area contributed by atoms with Crippen LogP contribution in [0.3, 0.4) is 0 Å². The Hall–Kier alpha value is -0.860. The third-order valence-corrected chi connectivity index (χ3v) is 1.09. The van der Waals surface area contributed by atoms with Crippen molar-refractivity contribution in [2.24, 2.45) is 4.99 Å². The minimum absolute atomic E-state index is 0.0347. The predicted octanol–water partition coefficient (Wildman–Crippen LogP) is -0.200. The molecule has 1 N–H and O–H groups in total. The van der Waals surface area contributed by atoms with E-state index in [0.717, 1.165) is 6.42 Å².